The summed E-state index contributed by atoms with van der Waals surface area (Å²) in [7, 11) is 0. The lowest BCUT2D eigenvalue weighted by atomic mass is 10.1. The summed E-state index contributed by atoms with van der Waals surface area (Å²) in [5.41, 5.74) is 2.36. The van der Waals surface area contributed by atoms with E-state index < -0.39 is 0 Å². The zero-order valence-corrected chi connectivity index (χ0v) is 11.0. The Morgan fingerprint density at radius 2 is 1.89 bits per heavy atom. The summed E-state index contributed by atoms with van der Waals surface area (Å²) >= 11 is 0. The first-order valence-electron chi connectivity index (χ1n) is 6.10. The topological polar surface area (TPSA) is 22.3 Å². The third-order valence-electron chi connectivity index (χ3n) is 2.83. The van der Waals surface area contributed by atoms with E-state index in [1.807, 2.05) is 43.5 Å². The first-order valence-corrected chi connectivity index (χ1v) is 6.10. The zero-order chi connectivity index (χ0) is 13.0. The van der Waals surface area contributed by atoms with E-state index in [4.69, 9.17) is 9.57 Å². The molecule has 0 saturated carbocycles. The van der Waals surface area contributed by atoms with Gasteiger partial charge in [-0.25, -0.2) is 0 Å². The Hall–Kier alpha value is -2.03. The Labute approximate surface area is 108 Å². The number of hydrogen-bond donors (Lipinski definition) is 0. The summed E-state index contributed by atoms with van der Waals surface area (Å²) in [6.07, 6.45) is 1.84. The summed E-state index contributed by atoms with van der Waals surface area (Å²) in [6.45, 7) is 6.67. The maximum atomic E-state index is 5.91. The van der Waals surface area contributed by atoms with Crippen LogP contribution < -0.4 is 14.3 Å². The number of ether oxygens (including phenoxy) is 1. The lowest BCUT2D eigenvalue weighted by molar-refractivity contribution is -0.892. The van der Waals surface area contributed by atoms with Gasteiger partial charge in [-0.15, -0.1) is 0 Å². The van der Waals surface area contributed by atoms with Crippen molar-refractivity contribution in [2.45, 2.75) is 20.8 Å². The van der Waals surface area contributed by atoms with Gasteiger partial charge in [-0.05, 0) is 44.0 Å². The molecule has 0 amide bonds. The first-order chi connectivity index (χ1) is 8.72. The Morgan fingerprint density at radius 3 is 2.67 bits per heavy atom. The fourth-order valence-electron chi connectivity index (χ4n) is 1.68. The van der Waals surface area contributed by atoms with Gasteiger partial charge in [-0.3, -0.25) is 4.84 Å². The van der Waals surface area contributed by atoms with E-state index in [-0.39, 0.29) is 0 Å². The van der Waals surface area contributed by atoms with Gasteiger partial charge >= 0.3 is 5.88 Å². The van der Waals surface area contributed by atoms with E-state index in [0.717, 1.165) is 11.3 Å². The van der Waals surface area contributed by atoms with Crippen LogP contribution in [0.1, 0.15) is 18.1 Å². The Bertz CT molecular complexity index is 538. The number of aryl methyl sites for hydroxylation is 1. The zero-order valence-electron chi connectivity index (χ0n) is 11.0. The van der Waals surface area contributed by atoms with Crippen LogP contribution in [-0.4, -0.2) is 6.61 Å². The SMILES string of the molecule is CCO[n+]1ccccc1Oc1cccc(C)c1C. The van der Waals surface area contributed by atoms with Crippen LogP contribution in [0, 0.1) is 13.8 Å². The van der Waals surface area contributed by atoms with Crippen molar-refractivity contribution in [2.24, 2.45) is 0 Å². The lowest BCUT2D eigenvalue weighted by Crippen LogP contribution is -2.43. The molecule has 0 aliphatic heterocycles. The molecular weight excluding hydrogens is 226 g/mol. The van der Waals surface area contributed by atoms with Gasteiger partial charge in [0, 0.05) is 10.8 Å². The molecule has 0 aliphatic rings. The summed E-state index contributed by atoms with van der Waals surface area (Å²) < 4.78 is 7.55. The van der Waals surface area contributed by atoms with Crippen LogP contribution in [0.25, 0.3) is 0 Å². The maximum Gasteiger partial charge on any atom is 0.422 e. The van der Waals surface area contributed by atoms with E-state index >= 15 is 0 Å². The second kappa shape index (κ2) is 5.54. The second-order valence-electron chi connectivity index (χ2n) is 4.08. The van der Waals surface area contributed by atoms with Gasteiger partial charge in [0.1, 0.15) is 5.75 Å². The number of aromatic nitrogens is 1. The summed E-state index contributed by atoms with van der Waals surface area (Å²) in [4.78, 5) is 5.47. The number of hydrogen-bond acceptors (Lipinski definition) is 2. The Morgan fingerprint density at radius 1 is 1.06 bits per heavy atom. The lowest BCUT2D eigenvalue weighted by Gasteiger charge is -2.08. The molecular formula is C15H18NO2+. The van der Waals surface area contributed by atoms with Gasteiger partial charge < -0.3 is 4.74 Å². The predicted molar refractivity (Wildman–Crippen MR) is 69.7 cm³/mol. The molecule has 0 fully saturated rings. The average molecular weight is 244 g/mol. The van der Waals surface area contributed by atoms with Crippen molar-refractivity contribution in [2.75, 3.05) is 6.61 Å². The monoisotopic (exact) mass is 244 g/mol. The van der Waals surface area contributed by atoms with E-state index in [2.05, 4.69) is 19.9 Å². The van der Waals surface area contributed by atoms with Crippen molar-refractivity contribution < 1.29 is 14.3 Å². The van der Waals surface area contributed by atoms with E-state index in [1.54, 1.807) is 4.73 Å². The second-order valence-corrected chi connectivity index (χ2v) is 4.08. The summed E-state index contributed by atoms with van der Waals surface area (Å²) in [5, 5.41) is 0. The minimum atomic E-state index is 0.595. The van der Waals surface area contributed by atoms with Crippen LogP contribution in [0.5, 0.6) is 11.6 Å². The third-order valence-corrected chi connectivity index (χ3v) is 2.83. The first kappa shape index (κ1) is 12.4. The van der Waals surface area contributed by atoms with Crippen molar-refractivity contribution in [1.29, 1.82) is 0 Å². The Kier molecular flexibility index (Phi) is 3.82. The molecule has 0 atom stereocenters. The third kappa shape index (κ3) is 2.62. The maximum absolute atomic E-state index is 5.91. The molecule has 0 bridgehead atoms. The molecule has 3 nitrogen and oxygen atoms in total. The van der Waals surface area contributed by atoms with Crippen LogP contribution in [-0.2, 0) is 0 Å². The number of pyridine rings is 1. The quantitative estimate of drug-likeness (QED) is 0.772. The van der Waals surface area contributed by atoms with E-state index in [9.17, 15) is 0 Å². The van der Waals surface area contributed by atoms with Gasteiger partial charge in [0.25, 0.3) is 0 Å². The van der Waals surface area contributed by atoms with Crippen molar-refractivity contribution >= 4 is 0 Å². The molecule has 0 radical (unpaired) electrons. The van der Waals surface area contributed by atoms with Crippen LogP contribution in [0.15, 0.2) is 42.6 Å². The highest BCUT2D eigenvalue weighted by molar-refractivity contribution is 5.39. The molecule has 2 aromatic rings. The van der Waals surface area contributed by atoms with Crippen molar-refractivity contribution in [3.8, 4) is 11.6 Å². The molecule has 1 aromatic heterocycles. The minimum Gasteiger partial charge on any atom is -0.402 e. The highest BCUT2D eigenvalue weighted by Gasteiger charge is 2.14. The predicted octanol–water partition coefficient (Wildman–Crippen LogP) is 2.83. The Balaban J connectivity index is 2.31. The van der Waals surface area contributed by atoms with Gasteiger partial charge in [0.05, 0.1) is 6.07 Å². The average Bonchev–Trinajstić information content (AvgIpc) is 2.37. The molecule has 1 heterocycles. The molecule has 0 N–H and O–H groups in total. The molecule has 18 heavy (non-hydrogen) atoms. The fourth-order valence-corrected chi connectivity index (χ4v) is 1.68. The normalized spacial score (nSPS) is 10.2. The highest BCUT2D eigenvalue weighted by Crippen LogP contribution is 2.24. The van der Waals surface area contributed by atoms with Crippen molar-refractivity contribution in [3.05, 3.63) is 53.7 Å². The smallest absolute Gasteiger partial charge is 0.402 e. The van der Waals surface area contributed by atoms with Crippen LogP contribution in [0.4, 0.5) is 0 Å². The van der Waals surface area contributed by atoms with Crippen LogP contribution in [0.2, 0.25) is 0 Å². The van der Waals surface area contributed by atoms with Crippen LogP contribution >= 0.6 is 0 Å². The molecule has 1 aromatic carbocycles. The molecule has 0 unspecified atom stereocenters. The molecule has 94 valence electrons. The number of nitrogens with zero attached hydrogens (tertiary/aromatic N) is 1. The van der Waals surface area contributed by atoms with E-state index in [1.165, 1.54) is 5.56 Å². The van der Waals surface area contributed by atoms with Crippen molar-refractivity contribution in [1.82, 2.24) is 0 Å². The standard InChI is InChI=1S/C15H18NO2/c1-4-17-16-11-6-5-10-15(16)18-14-9-7-8-12(2)13(14)3/h5-11H,4H2,1-3H3/q+1. The van der Waals surface area contributed by atoms with Gasteiger partial charge in [0.15, 0.2) is 6.61 Å². The summed E-state index contributed by atoms with van der Waals surface area (Å²) in [5.74, 6) is 1.53. The molecule has 0 saturated heterocycles. The van der Waals surface area contributed by atoms with Gasteiger partial charge in [-0.2, -0.15) is 0 Å². The number of benzene rings is 1. The molecule has 2 rings (SSSR count). The van der Waals surface area contributed by atoms with Gasteiger partial charge in [-0.1, -0.05) is 12.1 Å². The highest BCUT2D eigenvalue weighted by atomic mass is 16.7. The number of rotatable bonds is 4. The van der Waals surface area contributed by atoms with E-state index in [0.29, 0.717) is 12.5 Å². The molecule has 0 aliphatic carbocycles. The van der Waals surface area contributed by atoms with Gasteiger partial charge in [0.2, 0.25) is 6.20 Å². The molecule has 0 spiro atoms. The summed E-state index contributed by atoms with van der Waals surface area (Å²) in [6, 6.07) is 11.8. The van der Waals surface area contributed by atoms with Crippen LogP contribution in [0.3, 0.4) is 0 Å². The minimum absolute atomic E-state index is 0.595. The molecule has 3 heteroatoms. The fraction of sp³-hybridized carbons (Fsp3) is 0.267. The largest absolute Gasteiger partial charge is 0.422 e. The van der Waals surface area contributed by atoms with Crippen molar-refractivity contribution in [3.63, 3.8) is 0 Å².